The monoisotopic (exact) mass is 559 g/mol. The maximum absolute atomic E-state index is 11.6. The first-order valence-electron chi connectivity index (χ1n) is 10.8. The number of hydrogen-bond donors (Lipinski definition) is 1. The minimum atomic E-state index is -5.00. The Morgan fingerprint density at radius 3 is 2.16 bits per heavy atom. The van der Waals surface area contributed by atoms with E-state index in [0.29, 0.717) is 6.07 Å². The molecule has 0 bridgehead atoms. The van der Waals surface area contributed by atoms with Gasteiger partial charge in [0.15, 0.2) is 0 Å². The zero-order chi connectivity index (χ0) is 25.4. The molecule has 0 aliphatic carbocycles. The molecule has 0 aromatic heterocycles. The molecule has 8 nitrogen and oxygen atoms in total. The van der Waals surface area contributed by atoms with Gasteiger partial charge in [0, 0.05) is 6.54 Å². The van der Waals surface area contributed by atoms with Crippen molar-refractivity contribution < 1.29 is 89.8 Å². The molecule has 1 heterocycles. The van der Waals surface area contributed by atoms with E-state index < -0.39 is 30.0 Å². The van der Waals surface area contributed by atoms with Crippen LogP contribution in [0, 0.1) is 0 Å². The average molecular weight is 560 g/mol. The third kappa shape index (κ3) is 8.00. The Balaban J connectivity index is 0.00000241. The van der Waals surface area contributed by atoms with Gasteiger partial charge in [-0.3, -0.25) is 0 Å². The van der Waals surface area contributed by atoms with Crippen molar-refractivity contribution in [2.24, 2.45) is 0 Å². The predicted molar refractivity (Wildman–Crippen MR) is 129 cm³/mol. The van der Waals surface area contributed by atoms with Crippen molar-refractivity contribution in [3.63, 3.8) is 0 Å². The van der Waals surface area contributed by atoms with Crippen LogP contribution in [0.15, 0.2) is 70.5 Å². The number of hydrogen-bond acceptors (Lipinski definition) is 8. The van der Waals surface area contributed by atoms with E-state index in [1.54, 1.807) is 6.08 Å². The van der Waals surface area contributed by atoms with Gasteiger partial charge in [-0.2, -0.15) is 0 Å². The van der Waals surface area contributed by atoms with Gasteiger partial charge >= 0.3 is 59.1 Å². The van der Waals surface area contributed by atoms with E-state index in [9.17, 15) is 25.9 Å². The van der Waals surface area contributed by atoms with Crippen molar-refractivity contribution in [3.8, 4) is 5.75 Å². The van der Waals surface area contributed by atoms with Crippen molar-refractivity contribution in [1.82, 2.24) is 5.32 Å². The Kier molecular flexibility index (Phi) is 11.2. The van der Waals surface area contributed by atoms with Crippen molar-refractivity contribution in [2.45, 2.75) is 42.3 Å². The Labute approximate surface area is 261 Å². The summed E-state index contributed by atoms with van der Waals surface area (Å²) in [6.45, 7) is 4.70. The molecule has 37 heavy (non-hydrogen) atoms. The quantitative estimate of drug-likeness (QED) is 0.193. The van der Waals surface area contributed by atoms with Crippen molar-refractivity contribution in [1.29, 1.82) is 0 Å². The number of fused-ring (bicyclic) bond motifs is 1. The summed E-state index contributed by atoms with van der Waals surface area (Å²) >= 11 is 0. The fraction of sp³-hybridized carbons (Fsp3) is 0.200. The third-order valence-corrected chi connectivity index (χ3v) is 7.29. The van der Waals surface area contributed by atoms with Crippen LogP contribution >= 0.6 is 0 Å². The minimum absolute atomic E-state index is 0. The summed E-state index contributed by atoms with van der Waals surface area (Å²) in [5, 5.41) is 3.49. The molecule has 0 saturated carbocycles. The Hall–Kier alpha value is -1.02. The van der Waals surface area contributed by atoms with Crippen LogP contribution in [0.25, 0.3) is 12.2 Å². The molecule has 0 fully saturated rings. The van der Waals surface area contributed by atoms with Crippen molar-refractivity contribution in [2.75, 3.05) is 0 Å². The Morgan fingerprint density at radius 1 is 0.892 bits per heavy atom. The molecule has 3 aromatic carbocycles. The van der Waals surface area contributed by atoms with E-state index in [4.69, 9.17) is 4.74 Å². The molecule has 4 rings (SSSR count). The van der Waals surface area contributed by atoms with E-state index in [1.807, 2.05) is 50.2 Å². The van der Waals surface area contributed by atoms with Crippen molar-refractivity contribution >= 4 is 32.4 Å². The van der Waals surface area contributed by atoms with Crippen LogP contribution < -0.4 is 69.2 Å². The Bertz CT molecular complexity index is 1500. The van der Waals surface area contributed by atoms with Gasteiger partial charge in [-0.15, -0.1) is 0 Å². The van der Waals surface area contributed by atoms with Gasteiger partial charge < -0.3 is 19.2 Å². The number of benzene rings is 3. The van der Waals surface area contributed by atoms with Gasteiger partial charge in [0.05, 0.1) is 21.9 Å². The maximum Gasteiger partial charge on any atom is 1.00 e. The summed E-state index contributed by atoms with van der Waals surface area (Å²) in [6, 6.07) is 16.3. The molecule has 0 saturated heterocycles. The minimum Gasteiger partial charge on any atom is -0.744 e. The SMILES string of the molecule is CC(C)Oc1ccc2c(c1)C(c1ccc(C=Cc3ccc(S(=O)(=O)[O-])cc3S(=O)(=O)[O-])cc1)NC2.[Na+].[Na+]. The van der Waals surface area contributed by atoms with Crippen molar-refractivity contribution in [3.05, 3.63) is 88.5 Å². The summed E-state index contributed by atoms with van der Waals surface area (Å²) in [5.41, 5.74) is 4.10. The zero-order valence-electron chi connectivity index (χ0n) is 21.0. The maximum atomic E-state index is 11.6. The van der Waals surface area contributed by atoms with Gasteiger partial charge in [-0.1, -0.05) is 48.6 Å². The normalized spacial score (nSPS) is 15.2. The van der Waals surface area contributed by atoms with Crippen LogP contribution in [-0.4, -0.2) is 32.0 Å². The molecule has 184 valence electrons. The second-order valence-corrected chi connectivity index (χ2v) is 11.2. The zero-order valence-corrected chi connectivity index (χ0v) is 26.6. The molecule has 0 radical (unpaired) electrons. The topological polar surface area (TPSA) is 136 Å². The fourth-order valence-corrected chi connectivity index (χ4v) is 5.25. The van der Waals surface area contributed by atoms with Crippen LogP contribution in [0.5, 0.6) is 5.75 Å². The predicted octanol–water partition coefficient (Wildman–Crippen LogP) is -2.35. The van der Waals surface area contributed by atoms with Crippen LogP contribution in [0.2, 0.25) is 0 Å². The summed E-state index contributed by atoms with van der Waals surface area (Å²) in [5.74, 6) is 0.812. The van der Waals surface area contributed by atoms with Crippen LogP contribution in [0.4, 0.5) is 0 Å². The van der Waals surface area contributed by atoms with Crippen LogP contribution in [0.3, 0.4) is 0 Å². The molecular weight excluding hydrogens is 536 g/mol. The summed E-state index contributed by atoms with van der Waals surface area (Å²) in [6.07, 6.45) is 3.06. The molecule has 3 aromatic rings. The fourth-order valence-electron chi connectivity index (χ4n) is 3.98. The molecule has 0 amide bonds. The van der Waals surface area contributed by atoms with Gasteiger partial charge in [-0.25, -0.2) is 16.8 Å². The molecule has 1 aliphatic rings. The summed E-state index contributed by atoms with van der Waals surface area (Å²) in [4.78, 5) is -1.55. The summed E-state index contributed by atoms with van der Waals surface area (Å²) in [7, 11) is -9.90. The largest absolute Gasteiger partial charge is 1.00 e. The van der Waals surface area contributed by atoms with E-state index >= 15 is 0 Å². The first-order valence-corrected chi connectivity index (χ1v) is 13.6. The third-order valence-electron chi connectivity index (χ3n) is 5.56. The molecule has 12 heteroatoms. The van der Waals surface area contributed by atoms with Crippen LogP contribution in [-0.2, 0) is 26.8 Å². The van der Waals surface area contributed by atoms with Gasteiger partial charge in [0.1, 0.15) is 26.0 Å². The van der Waals surface area contributed by atoms with Crippen LogP contribution in [0.1, 0.15) is 47.7 Å². The van der Waals surface area contributed by atoms with Gasteiger partial charge in [0.25, 0.3) is 0 Å². The van der Waals surface area contributed by atoms with E-state index in [1.165, 1.54) is 11.6 Å². The molecule has 1 atom stereocenters. The van der Waals surface area contributed by atoms with E-state index in [2.05, 4.69) is 11.4 Å². The molecule has 1 aliphatic heterocycles. The smallest absolute Gasteiger partial charge is 0.744 e. The second kappa shape index (κ2) is 12.9. The number of nitrogens with one attached hydrogen (secondary N) is 1. The second-order valence-electron chi connectivity index (χ2n) is 8.45. The number of rotatable bonds is 7. The molecule has 1 unspecified atom stereocenters. The number of ether oxygens (including phenoxy) is 1. The molecule has 0 spiro atoms. The molecular formula is C25H23NNa2O7S2. The van der Waals surface area contributed by atoms with E-state index in [0.717, 1.165) is 41.1 Å². The first kappa shape index (κ1) is 32.2. The first-order chi connectivity index (χ1) is 16.4. The summed E-state index contributed by atoms with van der Waals surface area (Å²) < 4.78 is 74.3. The Morgan fingerprint density at radius 2 is 1.57 bits per heavy atom. The standard InChI is InChI=1S/C25H25NO7S2.2Na/c1-16(2)33-21-11-9-20-15-26-25(23(20)13-21)19-7-4-17(5-8-19)3-6-18-10-12-22(34(27,28)29)14-24(18)35(30,31)32;;/h3-14,16,25-26H,15H2,1-2H3,(H,27,28,29)(H,30,31,32);;/q;2*+1/p-2. The van der Waals surface area contributed by atoms with Gasteiger partial charge in [-0.05, 0) is 65.9 Å². The van der Waals surface area contributed by atoms with E-state index in [-0.39, 0.29) is 76.8 Å². The van der Waals surface area contributed by atoms with Gasteiger partial charge in [0.2, 0.25) is 0 Å². The molecule has 1 N–H and O–H groups in total. The average Bonchev–Trinajstić information content (AvgIpc) is 3.19.